The van der Waals surface area contributed by atoms with E-state index in [1.54, 1.807) is 30.3 Å². The summed E-state index contributed by atoms with van der Waals surface area (Å²) in [6, 6.07) is 29.5. The van der Waals surface area contributed by atoms with Crippen molar-refractivity contribution in [2.24, 2.45) is 0 Å². The first-order valence-corrected chi connectivity index (χ1v) is 12.0. The lowest BCUT2D eigenvalue weighted by atomic mass is 9.93. The lowest BCUT2D eigenvalue weighted by Crippen LogP contribution is -2.46. The molecule has 4 aromatic carbocycles. The highest BCUT2D eigenvalue weighted by atomic mass is 16.5. The van der Waals surface area contributed by atoms with E-state index in [9.17, 15) is 15.2 Å². The molecule has 1 atom stereocenters. The van der Waals surface area contributed by atoms with Gasteiger partial charge in [0.2, 0.25) is 0 Å². The number of rotatable bonds is 10. The van der Waals surface area contributed by atoms with Gasteiger partial charge in [0.15, 0.2) is 0 Å². The lowest BCUT2D eigenvalue weighted by Gasteiger charge is -2.28. The summed E-state index contributed by atoms with van der Waals surface area (Å²) >= 11 is 0. The van der Waals surface area contributed by atoms with Crippen LogP contribution in [0, 0.1) is 11.3 Å². The van der Waals surface area contributed by atoms with Crippen LogP contribution in [0.3, 0.4) is 0 Å². The summed E-state index contributed by atoms with van der Waals surface area (Å²) < 4.78 is 5.79. The van der Waals surface area contributed by atoms with Gasteiger partial charge in [-0.05, 0) is 65.9 Å². The quantitative estimate of drug-likeness (QED) is 0.292. The molecule has 0 aliphatic heterocycles. The standard InChI is InChI=1S/C31H30N2O3/c1-31(2,17-22-10-11-24-7-3-4-8-25(24)14-22)33-19-29(35)21-36-30-13-12-27(16-28(30)18-32)26-9-5-6-23(15-26)20-34/h3-16,20,29,33,35H,17,19,21H2,1-2H3. The summed E-state index contributed by atoms with van der Waals surface area (Å²) in [6.45, 7) is 4.65. The van der Waals surface area contributed by atoms with E-state index < -0.39 is 6.10 Å². The predicted molar refractivity (Wildman–Crippen MR) is 143 cm³/mol. The van der Waals surface area contributed by atoms with Crippen molar-refractivity contribution in [3.05, 3.63) is 102 Å². The number of aliphatic hydroxyl groups is 1. The molecule has 0 heterocycles. The molecule has 0 saturated heterocycles. The molecule has 0 bridgehead atoms. The first kappa shape index (κ1) is 25.1. The van der Waals surface area contributed by atoms with E-state index in [4.69, 9.17) is 4.74 Å². The van der Waals surface area contributed by atoms with Crippen LogP contribution >= 0.6 is 0 Å². The molecule has 0 amide bonds. The van der Waals surface area contributed by atoms with Crippen molar-refractivity contribution in [3.8, 4) is 22.9 Å². The molecule has 0 saturated carbocycles. The van der Waals surface area contributed by atoms with Crippen LogP contribution in [-0.2, 0) is 6.42 Å². The van der Waals surface area contributed by atoms with E-state index in [0.717, 1.165) is 23.8 Å². The maximum absolute atomic E-state index is 11.1. The summed E-state index contributed by atoms with van der Waals surface area (Å²) in [6.07, 6.45) is 0.873. The van der Waals surface area contributed by atoms with Crippen molar-refractivity contribution < 1.29 is 14.6 Å². The molecule has 182 valence electrons. The average Bonchev–Trinajstić information content (AvgIpc) is 2.90. The Morgan fingerprint density at radius 2 is 1.75 bits per heavy atom. The second kappa shape index (κ2) is 11.2. The third-order valence-electron chi connectivity index (χ3n) is 6.16. The number of benzene rings is 4. The van der Waals surface area contributed by atoms with Gasteiger partial charge in [0.25, 0.3) is 0 Å². The largest absolute Gasteiger partial charge is 0.489 e. The summed E-state index contributed by atoms with van der Waals surface area (Å²) in [7, 11) is 0. The maximum Gasteiger partial charge on any atom is 0.150 e. The second-order valence-corrected chi connectivity index (χ2v) is 9.65. The number of carbonyl (C=O) groups excluding carboxylic acids is 1. The number of carbonyl (C=O) groups is 1. The Bertz CT molecular complexity index is 1400. The number of β-amino-alcohol motifs (C(OH)–C–C–N with tert-alkyl or cyclic N) is 1. The number of aliphatic hydroxyl groups excluding tert-OH is 1. The maximum atomic E-state index is 11.1. The number of nitrogens with zero attached hydrogens (tertiary/aromatic N) is 1. The van der Waals surface area contributed by atoms with Gasteiger partial charge in [-0.3, -0.25) is 4.79 Å². The Morgan fingerprint density at radius 1 is 0.972 bits per heavy atom. The average molecular weight is 479 g/mol. The summed E-state index contributed by atoms with van der Waals surface area (Å²) in [5.74, 6) is 0.419. The van der Waals surface area contributed by atoms with Crippen molar-refractivity contribution in [1.29, 1.82) is 5.26 Å². The topological polar surface area (TPSA) is 82.3 Å². The number of fused-ring (bicyclic) bond motifs is 1. The normalized spacial score (nSPS) is 12.2. The van der Waals surface area contributed by atoms with Gasteiger partial charge in [0.05, 0.1) is 5.56 Å². The molecule has 0 radical (unpaired) electrons. The van der Waals surface area contributed by atoms with Gasteiger partial charge >= 0.3 is 0 Å². The Morgan fingerprint density at radius 3 is 2.53 bits per heavy atom. The fourth-order valence-corrected chi connectivity index (χ4v) is 4.27. The zero-order valence-electron chi connectivity index (χ0n) is 20.6. The third kappa shape index (κ3) is 6.37. The van der Waals surface area contributed by atoms with Crippen LogP contribution in [0.1, 0.15) is 35.3 Å². The number of nitriles is 1. The monoisotopic (exact) mass is 478 g/mol. The number of aldehydes is 1. The van der Waals surface area contributed by atoms with Crippen LogP contribution in [0.25, 0.3) is 21.9 Å². The second-order valence-electron chi connectivity index (χ2n) is 9.65. The molecular weight excluding hydrogens is 448 g/mol. The van der Waals surface area contributed by atoms with Crippen LogP contribution in [-0.4, -0.2) is 36.2 Å². The first-order chi connectivity index (χ1) is 17.4. The van der Waals surface area contributed by atoms with Crippen LogP contribution in [0.5, 0.6) is 5.75 Å². The number of ether oxygens (including phenoxy) is 1. The van der Waals surface area contributed by atoms with E-state index in [1.807, 2.05) is 24.3 Å². The van der Waals surface area contributed by atoms with Gasteiger partial charge in [-0.1, -0.05) is 66.7 Å². The van der Waals surface area contributed by atoms with Crippen molar-refractivity contribution in [1.82, 2.24) is 5.32 Å². The molecule has 4 aromatic rings. The molecule has 0 aliphatic carbocycles. The van der Waals surface area contributed by atoms with E-state index in [0.29, 0.717) is 23.4 Å². The molecule has 0 aromatic heterocycles. The summed E-state index contributed by atoms with van der Waals surface area (Å²) in [5.41, 5.74) is 3.63. The Labute approximate surface area is 212 Å². The van der Waals surface area contributed by atoms with Crippen LogP contribution in [0.15, 0.2) is 84.9 Å². The minimum atomic E-state index is -0.739. The van der Waals surface area contributed by atoms with Crippen molar-refractivity contribution in [2.75, 3.05) is 13.2 Å². The van der Waals surface area contributed by atoms with Crippen LogP contribution < -0.4 is 10.1 Å². The molecule has 5 heteroatoms. The highest BCUT2D eigenvalue weighted by molar-refractivity contribution is 5.83. The van der Waals surface area contributed by atoms with Crippen molar-refractivity contribution in [2.45, 2.75) is 31.9 Å². The molecule has 1 unspecified atom stereocenters. The highest BCUT2D eigenvalue weighted by Crippen LogP contribution is 2.27. The third-order valence-corrected chi connectivity index (χ3v) is 6.16. The smallest absolute Gasteiger partial charge is 0.150 e. The molecule has 2 N–H and O–H groups in total. The van der Waals surface area contributed by atoms with Gasteiger partial charge in [0, 0.05) is 17.6 Å². The Hall–Kier alpha value is -3.98. The van der Waals surface area contributed by atoms with Gasteiger partial charge < -0.3 is 15.2 Å². The zero-order valence-corrected chi connectivity index (χ0v) is 20.6. The van der Waals surface area contributed by atoms with Gasteiger partial charge in [-0.2, -0.15) is 5.26 Å². The molecule has 0 fully saturated rings. The van der Waals surface area contributed by atoms with E-state index in [2.05, 4.69) is 55.6 Å². The predicted octanol–water partition coefficient (Wildman–Crippen LogP) is 5.54. The van der Waals surface area contributed by atoms with E-state index in [1.165, 1.54) is 16.3 Å². The molecule has 0 spiro atoms. The fourth-order valence-electron chi connectivity index (χ4n) is 4.27. The molecule has 5 nitrogen and oxygen atoms in total. The Kier molecular flexibility index (Phi) is 7.80. The fraction of sp³-hybridized carbons (Fsp3) is 0.226. The first-order valence-electron chi connectivity index (χ1n) is 12.0. The Balaban J connectivity index is 1.33. The number of hydrogen-bond donors (Lipinski definition) is 2. The highest BCUT2D eigenvalue weighted by Gasteiger charge is 2.20. The molecule has 4 rings (SSSR count). The minimum absolute atomic E-state index is 0.0632. The molecule has 0 aliphatic rings. The van der Waals surface area contributed by atoms with Gasteiger partial charge in [-0.25, -0.2) is 0 Å². The molecular formula is C31H30N2O3. The molecule has 36 heavy (non-hydrogen) atoms. The number of nitrogens with one attached hydrogen (secondary N) is 1. The van der Waals surface area contributed by atoms with Crippen LogP contribution in [0.2, 0.25) is 0 Å². The van der Waals surface area contributed by atoms with Crippen molar-refractivity contribution in [3.63, 3.8) is 0 Å². The van der Waals surface area contributed by atoms with Gasteiger partial charge in [0.1, 0.15) is 30.8 Å². The minimum Gasteiger partial charge on any atom is -0.489 e. The summed E-state index contributed by atoms with van der Waals surface area (Å²) in [4.78, 5) is 11.1. The van der Waals surface area contributed by atoms with Gasteiger partial charge in [-0.15, -0.1) is 0 Å². The van der Waals surface area contributed by atoms with Crippen LogP contribution in [0.4, 0.5) is 0 Å². The number of hydrogen-bond acceptors (Lipinski definition) is 5. The zero-order chi connectivity index (χ0) is 25.5. The van der Waals surface area contributed by atoms with E-state index in [-0.39, 0.29) is 12.1 Å². The van der Waals surface area contributed by atoms with E-state index >= 15 is 0 Å². The SMILES string of the molecule is CC(C)(Cc1ccc2ccccc2c1)NCC(O)COc1ccc(-c2cccc(C=O)c2)cc1C#N. The summed E-state index contributed by atoms with van der Waals surface area (Å²) in [5, 5.41) is 26.0. The lowest BCUT2D eigenvalue weighted by molar-refractivity contribution is 0.0987. The van der Waals surface area contributed by atoms with Crippen molar-refractivity contribution >= 4 is 17.1 Å².